The minimum Gasteiger partial charge on any atom is -0.504 e. The van der Waals surface area contributed by atoms with Gasteiger partial charge in [0, 0.05) is 53.1 Å². The van der Waals surface area contributed by atoms with Gasteiger partial charge in [-0.15, -0.1) is 0 Å². The van der Waals surface area contributed by atoms with Gasteiger partial charge in [-0.2, -0.15) is 0 Å². The molecule has 9 rings (SSSR count). The van der Waals surface area contributed by atoms with Crippen LogP contribution in [0.4, 0.5) is 0 Å². The van der Waals surface area contributed by atoms with Gasteiger partial charge in [0.1, 0.15) is 0 Å². The number of aromatic hydroxyl groups is 1. The van der Waals surface area contributed by atoms with Gasteiger partial charge in [0.05, 0.1) is 22.2 Å². The zero-order chi connectivity index (χ0) is 23.1. The number of fused-ring (bicyclic) bond motifs is 6. The fourth-order valence-corrected chi connectivity index (χ4v) is 8.26. The number of phenols is 1. The molecule has 4 heterocycles. The second kappa shape index (κ2) is 6.00. The topological polar surface area (TPSA) is 81.6 Å². The average molecular weight is 466 g/mol. The highest BCUT2D eigenvalue weighted by Gasteiger charge is 2.72. The van der Waals surface area contributed by atoms with Crippen LogP contribution < -0.4 is 4.74 Å². The summed E-state index contributed by atoms with van der Waals surface area (Å²) in [6.07, 6.45) is 8.24. The summed E-state index contributed by atoms with van der Waals surface area (Å²) in [6.45, 7) is 2.04. The molecular weight excluding hydrogens is 438 g/mol. The lowest BCUT2D eigenvalue weighted by Gasteiger charge is -2.62. The van der Waals surface area contributed by atoms with E-state index in [4.69, 9.17) is 4.74 Å². The third kappa shape index (κ3) is 2.10. The summed E-state index contributed by atoms with van der Waals surface area (Å²) in [5.41, 5.74) is 4.10. The molecule has 3 N–H and O–H groups in total. The average Bonchev–Trinajstić information content (AvgIpc) is 3.49. The van der Waals surface area contributed by atoms with Gasteiger partial charge in [-0.3, -0.25) is 9.88 Å². The molecule has 0 radical (unpaired) electrons. The molecule has 1 saturated heterocycles. The molecule has 3 aliphatic carbocycles. The smallest absolute Gasteiger partial charge is 0.166 e. The second-order valence-electron chi connectivity index (χ2n) is 11.5. The highest BCUT2D eigenvalue weighted by Crippen LogP contribution is 2.69. The molecular formula is C29H27N3O3. The van der Waals surface area contributed by atoms with Crippen LogP contribution in [0.25, 0.3) is 21.7 Å². The van der Waals surface area contributed by atoms with Crippen molar-refractivity contribution in [2.24, 2.45) is 5.92 Å². The Morgan fingerprint density at radius 2 is 2.06 bits per heavy atom. The van der Waals surface area contributed by atoms with Crippen LogP contribution in [0.3, 0.4) is 0 Å². The molecule has 4 atom stereocenters. The number of ether oxygens (including phenoxy) is 1. The number of H-pyrrole nitrogens is 1. The number of nitrogens with zero attached hydrogens (tertiary/aromatic N) is 2. The first kappa shape index (κ1) is 19.1. The molecule has 2 aromatic heterocycles. The number of likely N-dealkylation sites (tertiary alicyclic amines) is 1. The van der Waals surface area contributed by atoms with Gasteiger partial charge in [-0.05, 0) is 61.4 Å². The summed E-state index contributed by atoms with van der Waals surface area (Å²) in [4.78, 5) is 10.6. The van der Waals surface area contributed by atoms with Crippen molar-refractivity contribution in [3.05, 3.63) is 65.1 Å². The van der Waals surface area contributed by atoms with Crippen LogP contribution in [0.2, 0.25) is 0 Å². The van der Waals surface area contributed by atoms with Crippen LogP contribution in [-0.2, 0) is 18.3 Å². The van der Waals surface area contributed by atoms with Crippen molar-refractivity contribution < 1.29 is 14.9 Å². The lowest BCUT2D eigenvalue weighted by Crippen LogP contribution is -2.74. The molecule has 2 aromatic carbocycles. The minimum atomic E-state index is -0.952. The third-order valence-electron chi connectivity index (χ3n) is 9.95. The van der Waals surface area contributed by atoms with Crippen molar-refractivity contribution in [2.45, 2.75) is 55.3 Å². The first-order valence-corrected chi connectivity index (χ1v) is 12.9. The third-order valence-corrected chi connectivity index (χ3v) is 9.95. The predicted octanol–water partition coefficient (Wildman–Crippen LogP) is 4.12. The Bertz CT molecular complexity index is 1590. The van der Waals surface area contributed by atoms with E-state index in [0.29, 0.717) is 12.2 Å². The van der Waals surface area contributed by atoms with Gasteiger partial charge in [0.25, 0.3) is 0 Å². The molecule has 2 bridgehead atoms. The zero-order valence-electron chi connectivity index (χ0n) is 19.4. The number of nitrogens with one attached hydrogen (secondary N) is 1. The van der Waals surface area contributed by atoms with Crippen molar-refractivity contribution >= 4 is 21.7 Å². The maximum absolute atomic E-state index is 12.9. The Hall–Kier alpha value is -3.09. The summed E-state index contributed by atoms with van der Waals surface area (Å²) >= 11 is 0. The molecule has 6 nitrogen and oxygen atoms in total. The summed E-state index contributed by atoms with van der Waals surface area (Å²) < 4.78 is 6.70. The van der Waals surface area contributed by atoms with E-state index in [0.717, 1.165) is 70.3 Å². The van der Waals surface area contributed by atoms with Crippen LogP contribution in [-0.4, -0.2) is 49.8 Å². The zero-order valence-corrected chi connectivity index (χ0v) is 19.4. The van der Waals surface area contributed by atoms with E-state index < -0.39 is 11.0 Å². The standard InChI is InChI=1S/C29H27N3O3/c33-21-6-4-16-11-22-29(34)12-20-19-5-3-17-13-30-9-7-18(17)24(19)31-25(20)27-28(29,23(16)26(21)35-27)8-10-32(22)14-15-1-2-15/h3-7,9,13,15,22,27,31,33-34H,1-2,8,10-12,14H2/t22-,27?,28?,29?/m1/s1. The Kier molecular flexibility index (Phi) is 3.28. The molecule has 3 unspecified atom stereocenters. The predicted molar refractivity (Wildman–Crippen MR) is 132 cm³/mol. The number of piperidine rings is 1. The summed E-state index contributed by atoms with van der Waals surface area (Å²) in [6, 6.07) is 10.2. The van der Waals surface area contributed by atoms with E-state index >= 15 is 0 Å². The number of hydrogen-bond donors (Lipinski definition) is 3. The SMILES string of the molecule is Oc1ccc2c3c1OC1c4[nH]c5c(ccc6cnccc65)c4CC4(O)[C@@H](C2)N(CC2CC2)CCC314. The number of aromatic amines is 1. The number of benzene rings is 2. The Labute approximate surface area is 202 Å². The number of phenolic OH excluding ortho intramolecular Hbond substituents is 1. The number of pyridine rings is 1. The lowest BCUT2D eigenvalue weighted by atomic mass is 9.49. The maximum atomic E-state index is 12.9. The molecule has 0 amide bonds. The number of aromatic nitrogens is 2. The molecule has 6 heteroatoms. The van der Waals surface area contributed by atoms with E-state index in [1.165, 1.54) is 18.4 Å². The molecule has 2 fully saturated rings. The minimum absolute atomic E-state index is 0.0497. The lowest BCUT2D eigenvalue weighted by molar-refractivity contribution is -0.173. The van der Waals surface area contributed by atoms with Crippen LogP contribution in [0, 0.1) is 5.92 Å². The van der Waals surface area contributed by atoms with Crippen molar-refractivity contribution in [3.63, 3.8) is 0 Å². The first-order chi connectivity index (χ1) is 17.1. The van der Waals surface area contributed by atoms with E-state index in [-0.39, 0.29) is 17.9 Å². The number of rotatable bonds is 2. The van der Waals surface area contributed by atoms with E-state index in [1.54, 1.807) is 6.07 Å². The Morgan fingerprint density at radius 3 is 2.94 bits per heavy atom. The highest BCUT2D eigenvalue weighted by molar-refractivity contribution is 6.07. The molecule has 35 heavy (non-hydrogen) atoms. The molecule has 176 valence electrons. The fourth-order valence-electron chi connectivity index (χ4n) is 8.26. The molecule has 1 spiro atoms. The van der Waals surface area contributed by atoms with E-state index in [9.17, 15) is 10.2 Å². The number of hydrogen-bond acceptors (Lipinski definition) is 5. The molecule has 4 aromatic rings. The maximum Gasteiger partial charge on any atom is 0.166 e. The second-order valence-corrected chi connectivity index (χ2v) is 11.5. The monoisotopic (exact) mass is 465 g/mol. The van der Waals surface area contributed by atoms with Crippen LogP contribution in [0.15, 0.2) is 42.7 Å². The quantitative estimate of drug-likeness (QED) is 0.415. The largest absolute Gasteiger partial charge is 0.504 e. The Balaban J connectivity index is 1.34. The van der Waals surface area contributed by atoms with Gasteiger partial charge < -0.3 is 19.9 Å². The highest BCUT2D eigenvalue weighted by atomic mass is 16.5. The van der Waals surface area contributed by atoms with Crippen LogP contribution in [0.5, 0.6) is 11.5 Å². The normalized spacial score (nSPS) is 32.5. The van der Waals surface area contributed by atoms with Gasteiger partial charge in [-0.1, -0.05) is 18.2 Å². The van der Waals surface area contributed by atoms with Crippen molar-refractivity contribution in [1.29, 1.82) is 0 Å². The number of aliphatic hydroxyl groups is 1. The first-order valence-electron chi connectivity index (χ1n) is 12.9. The molecule has 5 aliphatic rings. The summed E-state index contributed by atoms with van der Waals surface area (Å²) in [7, 11) is 0. The van der Waals surface area contributed by atoms with Crippen molar-refractivity contribution in [1.82, 2.24) is 14.9 Å². The van der Waals surface area contributed by atoms with E-state index in [2.05, 4.69) is 39.1 Å². The van der Waals surface area contributed by atoms with Crippen molar-refractivity contribution in [2.75, 3.05) is 13.1 Å². The van der Waals surface area contributed by atoms with Gasteiger partial charge in [0.2, 0.25) is 0 Å². The van der Waals surface area contributed by atoms with Gasteiger partial charge in [0.15, 0.2) is 17.6 Å². The molecule has 1 saturated carbocycles. The summed E-state index contributed by atoms with van der Waals surface area (Å²) in [5.74, 6) is 1.54. The van der Waals surface area contributed by atoms with Crippen molar-refractivity contribution in [3.8, 4) is 11.5 Å². The Morgan fingerprint density at radius 1 is 1.14 bits per heavy atom. The van der Waals surface area contributed by atoms with Gasteiger partial charge in [-0.25, -0.2) is 0 Å². The molecule has 2 aliphatic heterocycles. The van der Waals surface area contributed by atoms with Gasteiger partial charge >= 0.3 is 0 Å². The fraction of sp³-hybridized carbons (Fsp3) is 0.414. The van der Waals surface area contributed by atoms with Crippen LogP contribution >= 0.6 is 0 Å². The van der Waals surface area contributed by atoms with Crippen LogP contribution in [0.1, 0.15) is 47.8 Å². The van der Waals surface area contributed by atoms with E-state index in [1.807, 2.05) is 12.4 Å². The summed E-state index contributed by atoms with van der Waals surface area (Å²) in [5, 5.41) is 27.2.